The minimum Gasteiger partial charge on any atom is -0.459 e. The van der Waals surface area contributed by atoms with Crippen LogP contribution in [0.3, 0.4) is 0 Å². The fraction of sp³-hybridized carbons (Fsp3) is 0.267. The van der Waals surface area contributed by atoms with Crippen LogP contribution in [0.1, 0.15) is 28.6 Å². The van der Waals surface area contributed by atoms with Crippen molar-refractivity contribution in [2.45, 2.75) is 20.4 Å². The third-order valence-corrected chi connectivity index (χ3v) is 3.28. The maximum absolute atomic E-state index is 11.6. The molecule has 0 bridgehead atoms. The van der Waals surface area contributed by atoms with Crippen LogP contribution >= 0.6 is 0 Å². The molecule has 5 heteroatoms. The van der Waals surface area contributed by atoms with Crippen LogP contribution in [0, 0.1) is 6.92 Å². The van der Waals surface area contributed by atoms with Crippen molar-refractivity contribution in [1.82, 2.24) is 5.43 Å². The summed E-state index contributed by atoms with van der Waals surface area (Å²) < 4.78 is 5.21. The molecule has 20 heavy (non-hydrogen) atoms. The number of rotatable bonds is 5. The topological polar surface area (TPSA) is 71.5 Å². The van der Waals surface area contributed by atoms with Gasteiger partial charge in [0.05, 0.1) is 6.26 Å². The monoisotopic (exact) mass is 273 g/mol. The van der Waals surface area contributed by atoms with Gasteiger partial charge >= 0.3 is 5.91 Å². The summed E-state index contributed by atoms with van der Waals surface area (Å²) in [7, 11) is 0. The normalized spacial score (nSPS) is 10.3. The molecule has 1 heterocycles. The number of anilines is 1. The molecule has 5 nitrogen and oxygen atoms in total. The van der Waals surface area contributed by atoms with E-state index in [4.69, 9.17) is 10.3 Å². The highest BCUT2D eigenvalue weighted by molar-refractivity contribution is 5.92. The third-order valence-electron chi connectivity index (χ3n) is 3.28. The predicted octanol–water partition coefficient (Wildman–Crippen LogP) is 2.22. The Morgan fingerprint density at radius 3 is 2.75 bits per heavy atom. The van der Waals surface area contributed by atoms with Gasteiger partial charge in [0.15, 0.2) is 5.76 Å². The number of carbonyl (C=O) groups excluding carboxylic acids is 1. The minimum atomic E-state index is -0.411. The molecule has 0 fully saturated rings. The molecule has 0 aliphatic heterocycles. The van der Waals surface area contributed by atoms with Crippen molar-refractivity contribution in [2.24, 2.45) is 5.84 Å². The maximum atomic E-state index is 11.6. The van der Waals surface area contributed by atoms with Crippen molar-refractivity contribution in [3.8, 4) is 0 Å². The van der Waals surface area contributed by atoms with Crippen molar-refractivity contribution in [2.75, 3.05) is 11.4 Å². The summed E-state index contributed by atoms with van der Waals surface area (Å²) >= 11 is 0. The van der Waals surface area contributed by atoms with E-state index in [9.17, 15) is 4.79 Å². The van der Waals surface area contributed by atoms with Gasteiger partial charge in [-0.2, -0.15) is 0 Å². The van der Waals surface area contributed by atoms with Gasteiger partial charge in [0.2, 0.25) is 0 Å². The first-order valence-electron chi connectivity index (χ1n) is 6.55. The van der Waals surface area contributed by atoms with E-state index in [1.807, 2.05) is 12.1 Å². The highest BCUT2D eigenvalue weighted by atomic mass is 16.3. The summed E-state index contributed by atoms with van der Waals surface area (Å²) in [6, 6.07) is 9.96. The van der Waals surface area contributed by atoms with Crippen LogP contribution in [-0.4, -0.2) is 12.5 Å². The Labute approximate surface area is 118 Å². The number of hydrazine groups is 1. The maximum Gasteiger partial charge on any atom is 0.301 e. The van der Waals surface area contributed by atoms with Crippen molar-refractivity contribution in [3.05, 3.63) is 53.5 Å². The van der Waals surface area contributed by atoms with Crippen LogP contribution in [0.5, 0.6) is 0 Å². The van der Waals surface area contributed by atoms with Crippen LogP contribution in [0.25, 0.3) is 0 Å². The number of furan rings is 1. The van der Waals surface area contributed by atoms with Gasteiger partial charge in [0.25, 0.3) is 0 Å². The van der Waals surface area contributed by atoms with Gasteiger partial charge in [-0.25, -0.2) is 5.84 Å². The highest BCUT2D eigenvalue weighted by Crippen LogP contribution is 2.23. The number of nitrogens with zero attached hydrogens (tertiary/aromatic N) is 1. The molecule has 0 saturated heterocycles. The van der Waals surface area contributed by atoms with Gasteiger partial charge in [0.1, 0.15) is 0 Å². The lowest BCUT2D eigenvalue weighted by Gasteiger charge is -2.24. The average molecular weight is 273 g/mol. The Hall–Kier alpha value is -2.27. The van der Waals surface area contributed by atoms with Crippen LogP contribution < -0.4 is 16.2 Å². The number of hydrogen-bond donors (Lipinski definition) is 2. The van der Waals surface area contributed by atoms with E-state index < -0.39 is 5.91 Å². The fourth-order valence-electron chi connectivity index (χ4n) is 2.22. The SMILES string of the molecule is CCN(Cc1ccoc1C(=O)NN)c1ccccc1C. The second-order valence-electron chi connectivity index (χ2n) is 4.55. The number of aryl methyl sites for hydroxylation is 1. The first-order chi connectivity index (χ1) is 9.67. The number of nitrogens with two attached hydrogens (primary N) is 1. The van der Waals surface area contributed by atoms with Gasteiger partial charge in [0, 0.05) is 24.3 Å². The largest absolute Gasteiger partial charge is 0.459 e. The summed E-state index contributed by atoms with van der Waals surface area (Å²) in [5.74, 6) is 5.01. The van der Waals surface area contributed by atoms with Gasteiger partial charge in [-0.1, -0.05) is 18.2 Å². The highest BCUT2D eigenvalue weighted by Gasteiger charge is 2.17. The first kappa shape index (κ1) is 14.1. The van der Waals surface area contributed by atoms with Gasteiger partial charge in [-0.3, -0.25) is 10.2 Å². The molecule has 0 atom stereocenters. The van der Waals surface area contributed by atoms with Crippen LogP contribution in [0.15, 0.2) is 41.0 Å². The second-order valence-corrected chi connectivity index (χ2v) is 4.55. The Balaban J connectivity index is 2.26. The summed E-state index contributed by atoms with van der Waals surface area (Å²) in [6.45, 7) is 5.58. The lowest BCUT2D eigenvalue weighted by Crippen LogP contribution is -2.31. The number of para-hydroxylation sites is 1. The number of hydrogen-bond acceptors (Lipinski definition) is 4. The van der Waals surface area contributed by atoms with E-state index in [2.05, 4.69) is 36.3 Å². The minimum absolute atomic E-state index is 0.263. The van der Waals surface area contributed by atoms with Crippen molar-refractivity contribution in [1.29, 1.82) is 0 Å². The molecule has 0 radical (unpaired) electrons. The van der Waals surface area contributed by atoms with Crippen molar-refractivity contribution >= 4 is 11.6 Å². The standard InChI is InChI=1S/C15H19N3O2/c1-3-18(13-7-5-4-6-11(13)2)10-12-8-9-20-14(12)15(19)17-16/h4-9H,3,10,16H2,1-2H3,(H,17,19). The molecule has 2 rings (SSSR count). The predicted molar refractivity (Wildman–Crippen MR) is 78.3 cm³/mol. The fourth-order valence-corrected chi connectivity index (χ4v) is 2.22. The number of benzene rings is 1. The number of nitrogens with one attached hydrogen (secondary N) is 1. The van der Waals surface area contributed by atoms with Crippen LogP contribution in [0.4, 0.5) is 5.69 Å². The number of nitrogen functional groups attached to an aromatic ring is 1. The lowest BCUT2D eigenvalue weighted by molar-refractivity contribution is 0.0924. The van der Waals surface area contributed by atoms with E-state index in [1.165, 1.54) is 11.8 Å². The zero-order chi connectivity index (χ0) is 14.5. The zero-order valence-corrected chi connectivity index (χ0v) is 11.7. The average Bonchev–Trinajstić information content (AvgIpc) is 2.93. The Bertz CT molecular complexity index is 592. The van der Waals surface area contributed by atoms with Crippen LogP contribution in [-0.2, 0) is 6.54 Å². The van der Waals surface area contributed by atoms with Crippen molar-refractivity contribution in [3.63, 3.8) is 0 Å². The molecule has 1 aromatic carbocycles. The molecule has 2 aromatic rings. The second kappa shape index (κ2) is 6.25. The molecule has 0 saturated carbocycles. The summed E-state index contributed by atoms with van der Waals surface area (Å²) in [4.78, 5) is 13.8. The quantitative estimate of drug-likeness (QED) is 0.498. The molecular weight excluding hydrogens is 254 g/mol. The van der Waals surface area contributed by atoms with Crippen LogP contribution in [0.2, 0.25) is 0 Å². The molecule has 1 amide bonds. The molecule has 106 valence electrons. The molecule has 0 spiro atoms. The van der Waals surface area contributed by atoms with Gasteiger partial charge < -0.3 is 9.32 Å². The number of amides is 1. The van der Waals surface area contributed by atoms with E-state index in [-0.39, 0.29) is 5.76 Å². The van der Waals surface area contributed by atoms with Gasteiger partial charge in [-0.15, -0.1) is 0 Å². The molecular formula is C15H19N3O2. The number of carbonyl (C=O) groups is 1. The van der Waals surface area contributed by atoms with E-state index in [0.29, 0.717) is 6.54 Å². The Morgan fingerprint density at radius 2 is 2.10 bits per heavy atom. The molecule has 0 unspecified atom stereocenters. The van der Waals surface area contributed by atoms with Crippen molar-refractivity contribution < 1.29 is 9.21 Å². The van der Waals surface area contributed by atoms with Gasteiger partial charge in [-0.05, 0) is 31.5 Å². The lowest BCUT2D eigenvalue weighted by atomic mass is 10.1. The summed E-state index contributed by atoms with van der Waals surface area (Å²) in [6.07, 6.45) is 1.51. The Morgan fingerprint density at radius 1 is 1.35 bits per heavy atom. The van der Waals surface area contributed by atoms with E-state index >= 15 is 0 Å². The summed E-state index contributed by atoms with van der Waals surface area (Å²) in [5, 5.41) is 0. The molecule has 1 aromatic heterocycles. The molecule has 0 aliphatic carbocycles. The first-order valence-corrected chi connectivity index (χ1v) is 6.55. The van der Waals surface area contributed by atoms with E-state index in [0.717, 1.165) is 17.8 Å². The zero-order valence-electron chi connectivity index (χ0n) is 11.7. The Kier molecular flexibility index (Phi) is 4.42. The smallest absolute Gasteiger partial charge is 0.301 e. The molecule has 3 N–H and O–H groups in total. The third kappa shape index (κ3) is 2.83. The van der Waals surface area contributed by atoms with E-state index in [1.54, 1.807) is 6.07 Å². The summed E-state index contributed by atoms with van der Waals surface area (Å²) in [5.41, 5.74) is 5.26. The molecule has 0 aliphatic rings.